The first kappa shape index (κ1) is 25.5. The van der Waals surface area contributed by atoms with Crippen LogP contribution in [0.4, 0.5) is 8.78 Å². The van der Waals surface area contributed by atoms with E-state index < -0.39 is 53.0 Å². The molecule has 0 spiro atoms. The van der Waals surface area contributed by atoms with Gasteiger partial charge in [-0.1, -0.05) is 0 Å². The fraction of sp³-hybridized carbons (Fsp3) is 0.667. The highest BCUT2D eigenvalue weighted by atomic mass is 32.2. The summed E-state index contributed by atoms with van der Waals surface area (Å²) in [7, 11) is -2.60. The van der Waals surface area contributed by atoms with Crippen molar-refractivity contribution in [1.29, 1.82) is 0 Å². The molecule has 1 atom stereocenters. The molecule has 31 heavy (non-hydrogen) atoms. The van der Waals surface area contributed by atoms with Gasteiger partial charge in [-0.05, 0) is 57.9 Å². The van der Waals surface area contributed by atoms with Crippen molar-refractivity contribution in [2.45, 2.75) is 69.9 Å². The van der Waals surface area contributed by atoms with Crippen LogP contribution in [0.2, 0.25) is 0 Å². The van der Waals surface area contributed by atoms with Crippen molar-refractivity contribution in [3.63, 3.8) is 0 Å². The summed E-state index contributed by atoms with van der Waals surface area (Å²) in [6.45, 7) is 7.21. The maximum Gasteiger partial charge on any atom is 0.332 e. The number of carbonyl (C=O) groups is 1. The number of aryl methyl sites for hydroxylation is 2. The van der Waals surface area contributed by atoms with E-state index in [1.165, 1.54) is 7.11 Å². The molecule has 1 aromatic rings. The molecule has 7 nitrogen and oxygen atoms in total. The van der Waals surface area contributed by atoms with Gasteiger partial charge in [0.05, 0.1) is 24.7 Å². The van der Waals surface area contributed by atoms with Crippen molar-refractivity contribution in [3.05, 3.63) is 23.3 Å². The summed E-state index contributed by atoms with van der Waals surface area (Å²) in [6.07, 6.45) is -1.27. The summed E-state index contributed by atoms with van der Waals surface area (Å²) in [5.41, 5.74) is 0.210. The zero-order chi connectivity index (χ0) is 23.6. The minimum Gasteiger partial charge on any atom is -0.497 e. The first-order chi connectivity index (χ1) is 14.2. The number of halogens is 2. The van der Waals surface area contributed by atoms with Gasteiger partial charge in [0.25, 0.3) is 5.92 Å². The van der Waals surface area contributed by atoms with E-state index in [2.05, 4.69) is 0 Å². The van der Waals surface area contributed by atoms with Gasteiger partial charge in [0, 0.05) is 19.4 Å². The lowest BCUT2D eigenvalue weighted by atomic mass is 10.0. The van der Waals surface area contributed by atoms with Gasteiger partial charge >= 0.3 is 5.97 Å². The normalized spacial score (nSPS) is 19.8. The lowest BCUT2D eigenvalue weighted by Gasteiger charge is -2.38. The maximum atomic E-state index is 14.1. The van der Waals surface area contributed by atoms with Crippen molar-refractivity contribution >= 4 is 16.0 Å². The largest absolute Gasteiger partial charge is 0.497 e. The molecule has 1 aliphatic rings. The summed E-state index contributed by atoms with van der Waals surface area (Å²) in [6, 6.07) is 2.07. The van der Waals surface area contributed by atoms with Crippen LogP contribution in [0, 0.1) is 13.8 Å². The van der Waals surface area contributed by atoms with Crippen molar-refractivity contribution in [2.75, 3.05) is 26.9 Å². The van der Waals surface area contributed by atoms with Crippen molar-refractivity contribution in [1.82, 2.24) is 4.31 Å². The van der Waals surface area contributed by atoms with Gasteiger partial charge in [0.2, 0.25) is 10.0 Å². The third kappa shape index (κ3) is 6.60. The van der Waals surface area contributed by atoms with Crippen LogP contribution in [0.3, 0.4) is 0 Å². The average molecular weight is 464 g/mol. The predicted octanol–water partition coefficient (Wildman–Crippen LogP) is 3.46. The number of esters is 1. The van der Waals surface area contributed by atoms with Gasteiger partial charge in [0.1, 0.15) is 18.0 Å². The molecule has 0 aliphatic carbocycles. The summed E-state index contributed by atoms with van der Waals surface area (Å²) >= 11 is 0. The number of methoxy groups -OCH3 is 1. The molecule has 1 aromatic carbocycles. The fourth-order valence-electron chi connectivity index (χ4n) is 3.67. The molecule has 1 saturated heterocycles. The molecule has 0 bridgehead atoms. The Morgan fingerprint density at radius 3 is 2.32 bits per heavy atom. The molecule has 0 aromatic heterocycles. The van der Waals surface area contributed by atoms with E-state index in [4.69, 9.17) is 14.2 Å². The minimum absolute atomic E-state index is 0.0654. The van der Waals surface area contributed by atoms with Crippen LogP contribution in [0.1, 0.15) is 44.7 Å². The molecule has 10 heteroatoms. The summed E-state index contributed by atoms with van der Waals surface area (Å²) in [5, 5.41) is 0. The fourth-order valence-corrected chi connectivity index (χ4v) is 5.69. The number of alkyl halides is 2. The smallest absolute Gasteiger partial charge is 0.332 e. The number of sulfonamides is 1. The van der Waals surface area contributed by atoms with Crippen molar-refractivity contribution in [2.24, 2.45) is 0 Å². The number of carbonyl (C=O) groups excluding carboxylic acids is 1. The Bertz CT molecular complexity index is 888. The molecular formula is C21H31F2NO6S. The molecule has 1 heterocycles. The summed E-state index contributed by atoms with van der Waals surface area (Å²) in [5.74, 6) is -3.15. The molecule has 176 valence electrons. The molecule has 2 rings (SSSR count). The molecule has 0 saturated carbocycles. The Labute approximate surface area is 182 Å². The van der Waals surface area contributed by atoms with E-state index in [9.17, 15) is 22.0 Å². The molecule has 1 fully saturated rings. The number of hydrogen-bond donors (Lipinski definition) is 0. The third-order valence-corrected chi connectivity index (χ3v) is 7.08. The summed E-state index contributed by atoms with van der Waals surface area (Å²) in [4.78, 5) is 11.9. The Balaban J connectivity index is 2.25. The number of ether oxygens (including phenoxy) is 3. The van der Waals surface area contributed by atoms with E-state index in [-0.39, 0.29) is 18.0 Å². The van der Waals surface area contributed by atoms with E-state index >= 15 is 0 Å². The van der Waals surface area contributed by atoms with Crippen LogP contribution < -0.4 is 4.74 Å². The number of rotatable bonds is 7. The van der Waals surface area contributed by atoms with Crippen LogP contribution in [0.5, 0.6) is 5.75 Å². The quantitative estimate of drug-likeness (QED) is 0.576. The van der Waals surface area contributed by atoms with E-state index in [1.807, 2.05) is 0 Å². The Kier molecular flexibility index (Phi) is 7.71. The highest BCUT2D eigenvalue weighted by Crippen LogP contribution is 2.37. The highest BCUT2D eigenvalue weighted by Gasteiger charge is 2.45. The highest BCUT2D eigenvalue weighted by molar-refractivity contribution is 7.89. The predicted molar refractivity (Wildman–Crippen MR) is 111 cm³/mol. The second kappa shape index (κ2) is 9.38. The van der Waals surface area contributed by atoms with E-state index in [1.54, 1.807) is 46.8 Å². The number of nitrogens with zero attached hydrogens (tertiary/aromatic N) is 1. The molecule has 0 N–H and O–H groups in total. The van der Waals surface area contributed by atoms with Crippen LogP contribution in [-0.2, 0) is 24.3 Å². The maximum absolute atomic E-state index is 14.1. The first-order valence-electron chi connectivity index (χ1n) is 10.0. The molecule has 0 unspecified atom stereocenters. The summed E-state index contributed by atoms with van der Waals surface area (Å²) < 4.78 is 71.7. The van der Waals surface area contributed by atoms with Gasteiger partial charge in [-0.2, -0.15) is 4.31 Å². The van der Waals surface area contributed by atoms with E-state index in [0.717, 1.165) is 4.31 Å². The first-order valence-corrected chi connectivity index (χ1v) is 11.4. The topological polar surface area (TPSA) is 82.1 Å². The van der Waals surface area contributed by atoms with E-state index in [0.29, 0.717) is 16.9 Å². The van der Waals surface area contributed by atoms with Gasteiger partial charge in [-0.25, -0.2) is 22.0 Å². The zero-order valence-corrected chi connectivity index (χ0v) is 19.6. The number of piperidine rings is 1. The van der Waals surface area contributed by atoms with Crippen LogP contribution in [0.25, 0.3) is 0 Å². The molecular weight excluding hydrogens is 432 g/mol. The molecule has 0 radical (unpaired) electrons. The Hall–Kier alpha value is -1.78. The second-order valence-corrected chi connectivity index (χ2v) is 10.6. The van der Waals surface area contributed by atoms with Gasteiger partial charge in [-0.15, -0.1) is 0 Å². The zero-order valence-electron chi connectivity index (χ0n) is 18.8. The van der Waals surface area contributed by atoms with Crippen LogP contribution in [-0.4, -0.2) is 63.1 Å². The number of hydrogen-bond acceptors (Lipinski definition) is 6. The molecule has 0 amide bonds. The standard InChI is InChI=1S/C21H31F2NO6S/c1-14-9-17(28-6)10-15(2)19(14)31(26,27)24-8-7-21(22,23)11-16(24)12-29-13-18(25)30-20(3,4)5/h9-10,16H,7-8,11-13H2,1-6H3/t16-/m0/s1. The lowest BCUT2D eigenvalue weighted by Crippen LogP contribution is -2.52. The second-order valence-electron chi connectivity index (χ2n) is 8.77. The minimum atomic E-state index is -4.08. The lowest BCUT2D eigenvalue weighted by molar-refractivity contribution is -0.161. The Morgan fingerprint density at radius 1 is 1.23 bits per heavy atom. The van der Waals surface area contributed by atoms with Crippen molar-refractivity contribution in [3.8, 4) is 5.75 Å². The average Bonchev–Trinajstić information content (AvgIpc) is 2.58. The van der Waals surface area contributed by atoms with Gasteiger partial charge in [0.15, 0.2) is 0 Å². The SMILES string of the molecule is COc1cc(C)c(S(=O)(=O)N2CCC(F)(F)C[C@H]2COCC(=O)OC(C)(C)C)c(C)c1. The Morgan fingerprint density at radius 2 is 1.81 bits per heavy atom. The van der Waals surface area contributed by atoms with Gasteiger partial charge < -0.3 is 14.2 Å². The van der Waals surface area contributed by atoms with Gasteiger partial charge in [-0.3, -0.25) is 0 Å². The third-order valence-electron chi connectivity index (χ3n) is 4.83. The number of benzene rings is 1. The monoisotopic (exact) mass is 463 g/mol. The molecule has 1 aliphatic heterocycles. The van der Waals surface area contributed by atoms with Crippen molar-refractivity contribution < 1.29 is 36.2 Å². The van der Waals surface area contributed by atoms with Crippen LogP contribution >= 0.6 is 0 Å². The van der Waals surface area contributed by atoms with Crippen LogP contribution in [0.15, 0.2) is 17.0 Å².